The van der Waals surface area contributed by atoms with Crippen molar-refractivity contribution in [2.45, 2.75) is 32.1 Å². The van der Waals surface area contributed by atoms with Crippen molar-refractivity contribution < 1.29 is 0 Å². The molecule has 0 amide bonds. The summed E-state index contributed by atoms with van der Waals surface area (Å²) in [5, 5.41) is 3.19. The van der Waals surface area contributed by atoms with Crippen LogP contribution in [0, 0.1) is 0 Å². The van der Waals surface area contributed by atoms with Gasteiger partial charge < -0.3 is 10.3 Å². The molecule has 0 bridgehead atoms. The molecule has 0 saturated heterocycles. The van der Waals surface area contributed by atoms with Crippen LogP contribution >= 0.6 is 11.8 Å². The van der Waals surface area contributed by atoms with Gasteiger partial charge in [0, 0.05) is 19.5 Å². The highest BCUT2D eigenvalue weighted by Crippen LogP contribution is 2.11. The Bertz CT molecular complexity index is 416. The number of aromatic amines is 1. The average Bonchev–Trinajstić information content (AvgIpc) is 2.30. The SMILES string of the molecule is CCCSCc1nc2c(c(=O)[nH]1)CNCC2. The molecule has 5 heteroatoms. The van der Waals surface area contributed by atoms with Gasteiger partial charge in [-0.3, -0.25) is 4.79 Å². The van der Waals surface area contributed by atoms with Crippen LogP contribution in [0.25, 0.3) is 0 Å². The van der Waals surface area contributed by atoms with E-state index in [-0.39, 0.29) is 5.56 Å². The van der Waals surface area contributed by atoms with Crippen molar-refractivity contribution in [1.82, 2.24) is 15.3 Å². The molecule has 1 aromatic heterocycles. The number of nitrogens with zero attached hydrogens (tertiary/aromatic N) is 1. The smallest absolute Gasteiger partial charge is 0.255 e. The first kappa shape index (κ1) is 11.7. The quantitative estimate of drug-likeness (QED) is 0.771. The molecule has 0 fully saturated rings. The monoisotopic (exact) mass is 239 g/mol. The molecule has 4 nitrogen and oxygen atoms in total. The van der Waals surface area contributed by atoms with Crippen LogP contribution in [-0.2, 0) is 18.7 Å². The molecule has 16 heavy (non-hydrogen) atoms. The summed E-state index contributed by atoms with van der Waals surface area (Å²) in [5.41, 5.74) is 1.83. The Morgan fingerprint density at radius 2 is 2.38 bits per heavy atom. The van der Waals surface area contributed by atoms with Gasteiger partial charge >= 0.3 is 0 Å². The highest BCUT2D eigenvalue weighted by Gasteiger charge is 2.14. The first-order chi connectivity index (χ1) is 7.81. The van der Waals surface area contributed by atoms with E-state index < -0.39 is 0 Å². The second-order valence-electron chi connectivity index (χ2n) is 3.92. The van der Waals surface area contributed by atoms with Crippen LogP contribution in [0.2, 0.25) is 0 Å². The van der Waals surface area contributed by atoms with Gasteiger partial charge in [-0.25, -0.2) is 4.98 Å². The number of hydrogen-bond donors (Lipinski definition) is 2. The Kier molecular flexibility index (Phi) is 4.01. The zero-order valence-electron chi connectivity index (χ0n) is 9.51. The third-order valence-electron chi connectivity index (χ3n) is 2.58. The van der Waals surface area contributed by atoms with Crippen molar-refractivity contribution in [2.75, 3.05) is 12.3 Å². The number of hydrogen-bond acceptors (Lipinski definition) is 4. The zero-order chi connectivity index (χ0) is 11.4. The lowest BCUT2D eigenvalue weighted by Gasteiger charge is -2.15. The Balaban J connectivity index is 2.15. The molecule has 0 saturated carbocycles. The molecule has 0 unspecified atom stereocenters. The van der Waals surface area contributed by atoms with Gasteiger partial charge in [-0.2, -0.15) is 11.8 Å². The summed E-state index contributed by atoms with van der Waals surface area (Å²) in [6.07, 6.45) is 2.02. The van der Waals surface area contributed by atoms with E-state index in [0.717, 1.165) is 48.0 Å². The largest absolute Gasteiger partial charge is 0.312 e. The van der Waals surface area contributed by atoms with Gasteiger partial charge in [0.25, 0.3) is 5.56 Å². The molecule has 2 rings (SSSR count). The van der Waals surface area contributed by atoms with Gasteiger partial charge in [0.2, 0.25) is 0 Å². The maximum absolute atomic E-state index is 11.8. The number of nitrogens with one attached hydrogen (secondary N) is 2. The van der Waals surface area contributed by atoms with Gasteiger partial charge in [0.15, 0.2) is 0 Å². The van der Waals surface area contributed by atoms with E-state index in [0.29, 0.717) is 6.54 Å². The fraction of sp³-hybridized carbons (Fsp3) is 0.636. The molecule has 1 aliphatic rings. The second-order valence-corrected chi connectivity index (χ2v) is 5.02. The Labute approximate surface area is 99.3 Å². The molecule has 0 aromatic carbocycles. The topological polar surface area (TPSA) is 57.8 Å². The predicted molar refractivity (Wildman–Crippen MR) is 66.7 cm³/mol. The van der Waals surface area contributed by atoms with Crippen LogP contribution in [0.1, 0.15) is 30.4 Å². The summed E-state index contributed by atoms with van der Waals surface area (Å²) in [5.74, 6) is 2.75. The van der Waals surface area contributed by atoms with Crippen molar-refractivity contribution in [3.8, 4) is 0 Å². The minimum absolute atomic E-state index is 0.0318. The number of rotatable bonds is 4. The predicted octanol–water partition coefficient (Wildman–Crippen LogP) is 1.06. The Morgan fingerprint density at radius 3 is 3.19 bits per heavy atom. The standard InChI is InChI=1S/C11H17N3OS/c1-2-5-16-7-10-13-9-3-4-12-6-8(9)11(15)14-10/h12H,2-7H2,1H3,(H,13,14,15). The molecule has 0 aliphatic carbocycles. The molecule has 2 heterocycles. The fourth-order valence-electron chi connectivity index (χ4n) is 1.79. The van der Waals surface area contributed by atoms with E-state index in [1.165, 1.54) is 0 Å². The summed E-state index contributed by atoms with van der Waals surface area (Å²) in [7, 11) is 0. The fourth-order valence-corrected chi connectivity index (χ4v) is 2.55. The molecule has 0 atom stereocenters. The average molecular weight is 239 g/mol. The molecular weight excluding hydrogens is 222 g/mol. The molecular formula is C11H17N3OS. The van der Waals surface area contributed by atoms with Gasteiger partial charge in [0.1, 0.15) is 5.82 Å². The van der Waals surface area contributed by atoms with Crippen LogP contribution in [0.4, 0.5) is 0 Å². The summed E-state index contributed by atoms with van der Waals surface area (Å²) < 4.78 is 0. The number of H-pyrrole nitrogens is 1. The maximum atomic E-state index is 11.8. The van der Waals surface area contributed by atoms with Crippen molar-refractivity contribution in [3.63, 3.8) is 0 Å². The van der Waals surface area contributed by atoms with E-state index >= 15 is 0 Å². The van der Waals surface area contributed by atoms with E-state index in [2.05, 4.69) is 22.2 Å². The summed E-state index contributed by atoms with van der Waals surface area (Å²) in [6.45, 7) is 3.73. The van der Waals surface area contributed by atoms with E-state index in [9.17, 15) is 4.79 Å². The van der Waals surface area contributed by atoms with Crippen LogP contribution < -0.4 is 10.9 Å². The minimum atomic E-state index is 0.0318. The lowest BCUT2D eigenvalue weighted by Crippen LogP contribution is -2.32. The molecule has 2 N–H and O–H groups in total. The van der Waals surface area contributed by atoms with Gasteiger partial charge in [-0.1, -0.05) is 6.92 Å². The van der Waals surface area contributed by atoms with Gasteiger partial charge in [-0.15, -0.1) is 0 Å². The van der Waals surface area contributed by atoms with Crippen LogP contribution in [0.15, 0.2) is 4.79 Å². The third kappa shape index (κ3) is 2.65. The van der Waals surface area contributed by atoms with Crippen molar-refractivity contribution in [2.24, 2.45) is 0 Å². The lowest BCUT2D eigenvalue weighted by molar-refractivity contribution is 0.616. The van der Waals surface area contributed by atoms with E-state index in [1.54, 1.807) is 0 Å². The number of fused-ring (bicyclic) bond motifs is 1. The van der Waals surface area contributed by atoms with Crippen LogP contribution in [-0.4, -0.2) is 22.3 Å². The third-order valence-corrected chi connectivity index (χ3v) is 3.75. The molecule has 0 radical (unpaired) electrons. The number of aromatic nitrogens is 2. The van der Waals surface area contributed by atoms with Crippen LogP contribution in [0.3, 0.4) is 0 Å². The summed E-state index contributed by atoms with van der Waals surface area (Å²) in [6, 6.07) is 0. The first-order valence-electron chi connectivity index (χ1n) is 5.70. The Hall–Kier alpha value is -0.810. The lowest BCUT2D eigenvalue weighted by atomic mass is 10.1. The van der Waals surface area contributed by atoms with Crippen molar-refractivity contribution >= 4 is 11.8 Å². The van der Waals surface area contributed by atoms with Gasteiger partial charge in [-0.05, 0) is 12.2 Å². The van der Waals surface area contributed by atoms with E-state index in [4.69, 9.17) is 0 Å². The second kappa shape index (κ2) is 5.50. The summed E-state index contributed by atoms with van der Waals surface area (Å²) in [4.78, 5) is 19.2. The van der Waals surface area contributed by atoms with E-state index in [1.807, 2.05) is 11.8 Å². The zero-order valence-corrected chi connectivity index (χ0v) is 10.3. The Morgan fingerprint density at radius 1 is 1.50 bits per heavy atom. The molecule has 0 spiro atoms. The first-order valence-corrected chi connectivity index (χ1v) is 6.86. The molecule has 88 valence electrons. The van der Waals surface area contributed by atoms with Crippen LogP contribution in [0.5, 0.6) is 0 Å². The number of thioether (sulfide) groups is 1. The highest BCUT2D eigenvalue weighted by atomic mass is 32.2. The van der Waals surface area contributed by atoms with Gasteiger partial charge in [0.05, 0.1) is 17.0 Å². The van der Waals surface area contributed by atoms with Crippen molar-refractivity contribution in [3.05, 3.63) is 27.4 Å². The summed E-state index contributed by atoms with van der Waals surface area (Å²) >= 11 is 1.82. The minimum Gasteiger partial charge on any atom is -0.312 e. The molecule has 1 aromatic rings. The maximum Gasteiger partial charge on any atom is 0.255 e. The van der Waals surface area contributed by atoms with Crippen molar-refractivity contribution in [1.29, 1.82) is 0 Å². The highest BCUT2D eigenvalue weighted by molar-refractivity contribution is 7.98. The molecule has 1 aliphatic heterocycles. The normalized spacial score (nSPS) is 14.8.